The fourth-order valence-corrected chi connectivity index (χ4v) is 4.35. The van der Waals surface area contributed by atoms with Crippen molar-refractivity contribution in [3.63, 3.8) is 0 Å². The normalized spacial score (nSPS) is 14.4. The second-order valence-electron chi connectivity index (χ2n) is 8.05. The van der Waals surface area contributed by atoms with Gasteiger partial charge in [0, 0.05) is 25.7 Å². The Morgan fingerprint density at radius 3 is 2.70 bits per heavy atom. The van der Waals surface area contributed by atoms with E-state index in [1.54, 1.807) is 0 Å². The number of thiocarbonyl (C=S) groups is 1. The van der Waals surface area contributed by atoms with Gasteiger partial charge in [-0.1, -0.05) is 37.3 Å². The number of nitrogens with zero attached hydrogens (tertiary/aromatic N) is 3. The highest BCUT2D eigenvalue weighted by atomic mass is 32.1. The van der Waals surface area contributed by atoms with E-state index in [2.05, 4.69) is 53.1 Å². The first-order valence-corrected chi connectivity index (χ1v) is 11.1. The van der Waals surface area contributed by atoms with E-state index >= 15 is 0 Å². The molecule has 6 heteroatoms. The standard InChI is InChI=1S/C24H30N4OS/c1-5-18-10-8-9-16(2)20(18)15-29-22-14-19(24(30)26-28-11-6-7-12-28)13-21-23(22)25-17(3)27(21)4/h8-10,13-14H,5-7,11-12,15H2,1-4H3,(H,26,30). The third-order valence-corrected chi connectivity index (χ3v) is 6.39. The van der Waals surface area contributed by atoms with Crippen molar-refractivity contribution in [1.29, 1.82) is 0 Å². The van der Waals surface area contributed by atoms with Crippen molar-refractivity contribution in [3.8, 4) is 5.75 Å². The second kappa shape index (κ2) is 8.74. The first-order valence-electron chi connectivity index (χ1n) is 10.7. The molecule has 0 bridgehead atoms. The molecule has 0 spiro atoms. The first-order chi connectivity index (χ1) is 14.5. The smallest absolute Gasteiger partial charge is 0.148 e. The van der Waals surface area contributed by atoms with Crippen LogP contribution in [0.15, 0.2) is 30.3 Å². The third kappa shape index (κ3) is 4.07. The van der Waals surface area contributed by atoms with Gasteiger partial charge in [0.15, 0.2) is 0 Å². The van der Waals surface area contributed by atoms with E-state index in [0.717, 1.165) is 52.7 Å². The van der Waals surface area contributed by atoms with Crippen molar-refractivity contribution in [2.24, 2.45) is 7.05 Å². The highest BCUT2D eigenvalue weighted by molar-refractivity contribution is 7.80. The van der Waals surface area contributed by atoms with Gasteiger partial charge in [0.25, 0.3) is 0 Å². The van der Waals surface area contributed by atoms with Crippen LogP contribution in [0.2, 0.25) is 0 Å². The van der Waals surface area contributed by atoms with Crippen molar-refractivity contribution in [2.75, 3.05) is 13.1 Å². The molecule has 3 aromatic rings. The summed E-state index contributed by atoms with van der Waals surface area (Å²) < 4.78 is 8.47. The van der Waals surface area contributed by atoms with E-state index in [1.165, 1.54) is 29.5 Å². The van der Waals surface area contributed by atoms with Crippen LogP contribution in [-0.2, 0) is 20.1 Å². The maximum Gasteiger partial charge on any atom is 0.148 e. The van der Waals surface area contributed by atoms with E-state index in [1.807, 2.05) is 20.0 Å². The molecule has 0 atom stereocenters. The Balaban J connectivity index is 1.68. The molecule has 4 rings (SSSR count). The Bertz CT molecular complexity index is 1080. The topological polar surface area (TPSA) is 42.3 Å². The second-order valence-corrected chi connectivity index (χ2v) is 8.46. The predicted molar refractivity (Wildman–Crippen MR) is 126 cm³/mol. The Morgan fingerprint density at radius 1 is 1.20 bits per heavy atom. The summed E-state index contributed by atoms with van der Waals surface area (Å²) in [5, 5.41) is 2.20. The number of hydrazine groups is 1. The Morgan fingerprint density at radius 2 is 1.97 bits per heavy atom. The van der Waals surface area contributed by atoms with E-state index in [-0.39, 0.29) is 0 Å². The van der Waals surface area contributed by atoms with Crippen molar-refractivity contribution < 1.29 is 4.74 Å². The summed E-state index contributed by atoms with van der Waals surface area (Å²) in [5.74, 6) is 1.73. The number of imidazole rings is 1. The maximum absolute atomic E-state index is 6.38. The Hall–Kier alpha value is -2.44. The van der Waals surface area contributed by atoms with Gasteiger partial charge in [-0.25, -0.2) is 9.99 Å². The SMILES string of the molecule is CCc1cccc(C)c1COc1cc(C(=S)NN2CCCC2)cc2c1nc(C)n2C. The lowest BCUT2D eigenvalue weighted by atomic mass is 10.0. The maximum atomic E-state index is 6.38. The molecule has 1 N–H and O–H groups in total. The molecule has 0 unspecified atom stereocenters. The molecule has 1 fully saturated rings. The zero-order valence-corrected chi connectivity index (χ0v) is 19.1. The molecule has 0 radical (unpaired) electrons. The number of fused-ring (bicyclic) bond motifs is 1. The molecule has 1 aliphatic rings. The van der Waals surface area contributed by atoms with Gasteiger partial charge in [-0.15, -0.1) is 0 Å². The van der Waals surface area contributed by atoms with Crippen LogP contribution in [0.5, 0.6) is 5.75 Å². The minimum Gasteiger partial charge on any atom is -0.487 e. The lowest BCUT2D eigenvalue weighted by molar-refractivity contribution is 0.297. The molecule has 1 aliphatic heterocycles. The summed E-state index contributed by atoms with van der Waals surface area (Å²) in [4.78, 5) is 5.49. The van der Waals surface area contributed by atoms with Crippen molar-refractivity contribution in [2.45, 2.75) is 46.6 Å². The molecule has 1 saturated heterocycles. The molecule has 0 saturated carbocycles. The third-order valence-electron chi connectivity index (χ3n) is 6.06. The Labute approximate surface area is 184 Å². The summed E-state index contributed by atoms with van der Waals surface area (Å²) in [6.07, 6.45) is 3.41. The molecular formula is C24H30N4OS. The van der Waals surface area contributed by atoms with E-state index in [0.29, 0.717) is 6.61 Å². The van der Waals surface area contributed by atoms with E-state index in [4.69, 9.17) is 21.9 Å². The molecule has 2 heterocycles. The zero-order valence-electron chi connectivity index (χ0n) is 18.3. The number of hydrogen-bond donors (Lipinski definition) is 1. The van der Waals surface area contributed by atoms with Crippen LogP contribution in [0.25, 0.3) is 11.0 Å². The molecule has 2 aromatic carbocycles. The lowest BCUT2D eigenvalue weighted by Crippen LogP contribution is -2.39. The number of aromatic nitrogens is 2. The average molecular weight is 423 g/mol. The van der Waals surface area contributed by atoms with E-state index < -0.39 is 0 Å². The van der Waals surface area contributed by atoms with E-state index in [9.17, 15) is 0 Å². The summed E-state index contributed by atoms with van der Waals surface area (Å²) in [7, 11) is 2.03. The van der Waals surface area contributed by atoms with Crippen LogP contribution < -0.4 is 10.2 Å². The average Bonchev–Trinajstić information content (AvgIpc) is 3.35. The van der Waals surface area contributed by atoms with Crippen LogP contribution >= 0.6 is 12.2 Å². The summed E-state index contributed by atoms with van der Waals surface area (Å²) >= 11 is 5.73. The van der Waals surface area contributed by atoms with Gasteiger partial charge in [-0.05, 0) is 61.9 Å². The molecule has 1 aromatic heterocycles. The van der Waals surface area contributed by atoms with Gasteiger partial charge in [0.2, 0.25) is 0 Å². The van der Waals surface area contributed by atoms with Gasteiger partial charge >= 0.3 is 0 Å². The van der Waals surface area contributed by atoms with Crippen LogP contribution in [0.4, 0.5) is 0 Å². The van der Waals surface area contributed by atoms with Crippen molar-refractivity contribution in [1.82, 2.24) is 20.0 Å². The van der Waals surface area contributed by atoms with Gasteiger partial charge in [0.05, 0.1) is 5.52 Å². The van der Waals surface area contributed by atoms with Crippen LogP contribution in [0.1, 0.15) is 47.8 Å². The van der Waals surface area contributed by atoms with Crippen LogP contribution in [0.3, 0.4) is 0 Å². The monoisotopic (exact) mass is 422 g/mol. The van der Waals surface area contributed by atoms with Crippen molar-refractivity contribution in [3.05, 3.63) is 58.4 Å². The number of benzene rings is 2. The highest BCUT2D eigenvalue weighted by Crippen LogP contribution is 2.29. The van der Waals surface area contributed by atoms with Crippen molar-refractivity contribution >= 4 is 28.2 Å². The lowest BCUT2D eigenvalue weighted by Gasteiger charge is -2.19. The number of aryl methyl sites for hydroxylation is 4. The Kier molecular flexibility index (Phi) is 6.06. The fraction of sp³-hybridized carbons (Fsp3) is 0.417. The molecule has 5 nitrogen and oxygen atoms in total. The van der Waals surface area contributed by atoms with Crippen LogP contribution in [0, 0.1) is 13.8 Å². The number of nitrogens with one attached hydrogen (secondary N) is 1. The highest BCUT2D eigenvalue weighted by Gasteiger charge is 2.18. The number of rotatable bonds is 6. The van der Waals surface area contributed by atoms with Gasteiger partial charge < -0.3 is 14.7 Å². The van der Waals surface area contributed by atoms with Gasteiger partial charge in [-0.3, -0.25) is 0 Å². The predicted octanol–water partition coefficient (Wildman–Crippen LogP) is 4.61. The minimum atomic E-state index is 0.524. The summed E-state index contributed by atoms with van der Waals surface area (Å²) in [6, 6.07) is 10.6. The van der Waals surface area contributed by atoms with Crippen LogP contribution in [-0.4, -0.2) is 32.6 Å². The summed E-state index contributed by atoms with van der Waals surface area (Å²) in [6.45, 7) is 8.93. The quantitative estimate of drug-likeness (QED) is 0.588. The summed E-state index contributed by atoms with van der Waals surface area (Å²) in [5.41, 5.74) is 10.1. The number of ether oxygens (including phenoxy) is 1. The molecule has 158 valence electrons. The molecule has 0 amide bonds. The van der Waals surface area contributed by atoms with Gasteiger partial charge in [0.1, 0.15) is 28.7 Å². The largest absolute Gasteiger partial charge is 0.487 e. The fourth-order valence-electron chi connectivity index (χ4n) is 4.10. The zero-order chi connectivity index (χ0) is 21.3. The first kappa shape index (κ1) is 20.8. The molecule has 0 aliphatic carbocycles. The number of hydrogen-bond acceptors (Lipinski definition) is 4. The van der Waals surface area contributed by atoms with Gasteiger partial charge in [-0.2, -0.15) is 0 Å². The molecular weight excluding hydrogens is 392 g/mol. The minimum absolute atomic E-state index is 0.524. The molecule has 30 heavy (non-hydrogen) atoms.